The molecule has 0 radical (unpaired) electrons. The third kappa shape index (κ3) is 5.24. The molecule has 5 heteroatoms. The van der Waals surface area contributed by atoms with E-state index in [0.29, 0.717) is 5.92 Å². The molecule has 2 N–H and O–H groups in total. The number of amidine groups is 1. The van der Waals surface area contributed by atoms with Gasteiger partial charge in [-0.1, -0.05) is 158 Å². The van der Waals surface area contributed by atoms with Gasteiger partial charge in [0.1, 0.15) is 29.3 Å². The lowest BCUT2D eigenvalue weighted by Crippen LogP contribution is -2.45. The van der Waals surface area contributed by atoms with Gasteiger partial charge in [-0.2, -0.15) is 0 Å². The van der Waals surface area contributed by atoms with Crippen LogP contribution < -0.4 is 10.6 Å². The first kappa shape index (κ1) is 33.0. The van der Waals surface area contributed by atoms with E-state index in [1.807, 2.05) is 12.1 Å². The van der Waals surface area contributed by atoms with Crippen LogP contribution in [0.1, 0.15) is 41.4 Å². The molecular formula is C53H38N4O. The van der Waals surface area contributed by atoms with Gasteiger partial charge in [0, 0.05) is 44.3 Å². The maximum Gasteiger partial charge on any atom is 0.142 e. The van der Waals surface area contributed by atoms with Gasteiger partial charge in [-0.15, -0.1) is 0 Å². The highest BCUT2D eigenvalue weighted by Crippen LogP contribution is 2.41. The second-order valence-electron chi connectivity index (χ2n) is 15.5. The third-order valence-corrected chi connectivity index (χ3v) is 12.2. The second kappa shape index (κ2) is 13.2. The minimum atomic E-state index is -0.304. The first-order valence-corrected chi connectivity index (χ1v) is 20.1. The van der Waals surface area contributed by atoms with Crippen molar-refractivity contribution < 1.29 is 4.42 Å². The monoisotopic (exact) mass is 746 g/mol. The second-order valence-corrected chi connectivity index (χ2v) is 15.5. The van der Waals surface area contributed by atoms with E-state index in [0.717, 1.165) is 56.6 Å². The fraction of sp³-hybridized carbons (Fsp3) is 0.0755. The summed E-state index contributed by atoms with van der Waals surface area (Å²) in [5, 5.41) is 17.5. The Labute approximate surface area is 335 Å². The zero-order chi connectivity index (χ0) is 38.2. The average molecular weight is 747 g/mol. The lowest BCUT2D eigenvalue weighted by molar-refractivity contribution is 0.408. The van der Waals surface area contributed by atoms with Gasteiger partial charge in [-0.25, -0.2) is 4.99 Å². The lowest BCUT2D eigenvalue weighted by atomic mass is 9.89. The summed E-state index contributed by atoms with van der Waals surface area (Å²) in [6.07, 6.45) is 7.23. The fourth-order valence-corrected chi connectivity index (χ4v) is 9.41. The van der Waals surface area contributed by atoms with Crippen LogP contribution in [0, 0.1) is 0 Å². The summed E-state index contributed by atoms with van der Waals surface area (Å²) in [4.78, 5) is 5.37. The largest absolute Gasteiger partial charge is 0.456 e. The summed E-state index contributed by atoms with van der Waals surface area (Å²) in [6, 6.07) is 60.9. The van der Waals surface area contributed by atoms with E-state index in [1.165, 1.54) is 48.9 Å². The number of aliphatic imine (C=N–C) groups is 1. The topological polar surface area (TPSA) is 54.5 Å². The van der Waals surface area contributed by atoms with Gasteiger partial charge in [0.2, 0.25) is 0 Å². The van der Waals surface area contributed by atoms with Crippen molar-refractivity contribution in [1.29, 1.82) is 0 Å². The predicted octanol–water partition coefficient (Wildman–Crippen LogP) is 12.9. The van der Waals surface area contributed by atoms with Gasteiger partial charge in [0.15, 0.2) is 0 Å². The summed E-state index contributed by atoms with van der Waals surface area (Å²) in [7, 11) is 0. The molecule has 10 aromatic rings. The van der Waals surface area contributed by atoms with E-state index in [1.54, 1.807) is 0 Å². The third-order valence-electron chi connectivity index (χ3n) is 12.2. The highest BCUT2D eigenvalue weighted by Gasteiger charge is 2.29. The van der Waals surface area contributed by atoms with Crippen LogP contribution in [0.5, 0.6) is 0 Å². The molecule has 5 nitrogen and oxygen atoms in total. The van der Waals surface area contributed by atoms with Crippen LogP contribution >= 0.6 is 0 Å². The molecule has 3 heterocycles. The Kier molecular flexibility index (Phi) is 7.50. The molecular weight excluding hydrogens is 709 g/mol. The van der Waals surface area contributed by atoms with Crippen molar-refractivity contribution in [1.82, 2.24) is 15.2 Å². The summed E-state index contributed by atoms with van der Waals surface area (Å²) in [5.74, 6) is 1.21. The van der Waals surface area contributed by atoms with Crippen molar-refractivity contribution in [2.24, 2.45) is 4.99 Å². The van der Waals surface area contributed by atoms with Gasteiger partial charge < -0.3 is 14.3 Å². The van der Waals surface area contributed by atoms with Gasteiger partial charge in [0.05, 0.1) is 11.0 Å². The highest BCUT2D eigenvalue weighted by atomic mass is 16.3. The van der Waals surface area contributed by atoms with Crippen molar-refractivity contribution in [2.75, 3.05) is 0 Å². The summed E-state index contributed by atoms with van der Waals surface area (Å²) in [6.45, 7) is 0. The number of hydrogen-bond acceptors (Lipinski definition) is 4. The quantitative estimate of drug-likeness (QED) is 0.184. The molecule has 0 saturated carbocycles. The van der Waals surface area contributed by atoms with E-state index < -0.39 is 0 Å². The summed E-state index contributed by atoms with van der Waals surface area (Å²) in [5.41, 5.74) is 9.84. The minimum Gasteiger partial charge on any atom is -0.456 e. The number of nitrogens with one attached hydrogen (secondary N) is 2. The number of nitrogens with zero attached hydrogens (tertiary/aromatic N) is 2. The van der Waals surface area contributed by atoms with Crippen LogP contribution in [0.4, 0.5) is 0 Å². The van der Waals surface area contributed by atoms with Crippen molar-refractivity contribution >= 4 is 71.1 Å². The summed E-state index contributed by atoms with van der Waals surface area (Å²) >= 11 is 0. The zero-order valence-electron chi connectivity index (χ0n) is 31.6. The first-order valence-electron chi connectivity index (χ1n) is 20.1. The van der Waals surface area contributed by atoms with E-state index in [-0.39, 0.29) is 12.3 Å². The Morgan fingerprint density at radius 2 is 1.22 bits per heavy atom. The SMILES string of the molecule is C1=CC(c2ccccc2)CC=C1C1=NC(c2ccc(-n3c4ccc5ccccc5c4c4c5ccccc5ccc43)cc2)NC(c2cccc3c2oc2ccccc23)N1. The van der Waals surface area contributed by atoms with Gasteiger partial charge in [-0.3, -0.25) is 5.32 Å². The Morgan fingerprint density at radius 3 is 1.93 bits per heavy atom. The number of para-hydroxylation sites is 2. The Morgan fingerprint density at radius 1 is 0.569 bits per heavy atom. The number of hydrogen-bond donors (Lipinski definition) is 2. The van der Waals surface area contributed by atoms with Gasteiger partial charge in [0.25, 0.3) is 0 Å². The maximum absolute atomic E-state index is 6.55. The van der Waals surface area contributed by atoms with Crippen LogP contribution in [-0.2, 0) is 0 Å². The van der Waals surface area contributed by atoms with Crippen molar-refractivity contribution in [3.05, 3.63) is 210 Å². The number of aromatic nitrogens is 1. The molecule has 0 fully saturated rings. The molecule has 0 saturated heterocycles. The Hall–Kier alpha value is -7.21. The van der Waals surface area contributed by atoms with E-state index >= 15 is 0 Å². The number of allylic oxidation sites excluding steroid dienone is 2. The van der Waals surface area contributed by atoms with E-state index in [2.05, 4.69) is 191 Å². The Bertz CT molecular complexity index is 3240. The molecule has 0 bridgehead atoms. The molecule has 0 amide bonds. The normalized spacial score (nSPS) is 18.3. The average Bonchev–Trinajstić information content (AvgIpc) is 3.86. The molecule has 1 aliphatic heterocycles. The fourth-order valence-electron chi connectivity index (χ4n) is 9.41. The maximum atomic E-state index is 6.55. The number of fused-ring (bicyclic) bond motifs is 10. The van der Waals surface area contributed by atoms with Crippen molar-refractivity contribution in [3.8, 4) is 5.69 Å². The van der Waals surface area contributed by atoms with Gasteiger partial charge in [-0.05, 0) is 69.4 Å². The first-order chi connectivity index (χ1) is 28.7. The molecule has 0 spiro atoms. The van der Waals surface area contributed by atoms with Crippen LogP contribution in [0.15, 0.2) is 203 Å². The Balaban J connectivity index is 0.969. The molecule has 3 unspecified atom stereocenters. The van der Waals surface area contributed by atoms with E-state index in [9.17, 15) is 0 Å². The zero-order valence-corrected chi connectivity index (χ0v) is 31.6. The van der Waals surface area contributed by atoms with Crippen LogP contribution in [0.3, 0.4) is 0 Å². The molecule has 2 aromatic heterocycles. The van der Waals surface area contributed by atoms with Crippen molar-refractivity contribution in [3.63, 3.8) is 0 Å². The molecule has 1 aliphatic carbocycles. The molecule has 3 atom stereocenters. The van der Waals surface area contributed by atoms with Crippen LogP contribution in [0.25, 0.3) is 71.0 Å². The molecule has 58 heavy (non-hydrogen) atoms. The standard InChI is InChI=1S/C53H38N4O/c1-2-11-33(12-3-1)34-21-23-37(24-22-34)51-54-52(56-53(55-51)44-19-10-18-43-42-17-8-9-20-47(42)58-50(43)44)38-25-29-39(30-26-38)57-45-31-27-35-13-4-6-15-40(35)48(45)49-41-16-7-5-14-36(41)28-32-46(49)57/h1-21,23-32,34,52-53,56H,22H2,(H,54,55). The number of benzene rings is 8. The molecule has 12 rings (SSSR count). The van der Waals surface area contributed by atoms with Crippen LogP contribution in [0.2, 0.25) is 0 Å². The smallest absolute Gasteiger partial charge is 0.142 e. The number of furan rings is 1. The molecule has 2 aliphatic rings. The predicted molar refractivity (Wildman–Crippen MR) is 240 cm³/mol. The van der Waals surface area contributed by atoms with Crippen LogP contribution in [-0.4, -0.2) is 10.4 Å². The molecule has 8 aromatic carbocycles. The summed E-state index contributed by atoms with van der Waals surface area (Å²) < 4.78 is 8.97. The number of rotatable bonds is 5. The highest BCUT2D eigenvalue weighted by molar-refractivity contribution is 6.28. The van der Waals surface area contributed by atoms with Crippen molar-refractivity contribution in [2.45, 2.75) is 24.7 Å². The molecule has 276 valence electrons. The van der Waals surface area contributed by atoms with Gasteiger partial charge >= 0.3 is 0 Å². The minimum absolute atomic E-state index is 0.249. The van der Waals surface area contributed by atoms with E-state index in [4.69, 9.17) is 9.41 Å². The lowest BCUT2D eigenvalue weighted by Gasteiger charge is -2.33.